The zero-order valence-corrected chi connectivity index (χ0v) is 16.4. The summed E-state index contributed by atoms with van der Waals surface area (Å²) in [6.07, 6.45) is -0.832. The van der Waals surface area contributed by atoms with E-state index in [0.717, 1.165) is 0 Å². The highest BCUT2D eigenvalue weighted by Gasteiger charge is 2.14. The molecule has 10 heteroatoms. The van der Waals surface area contributed by atoms with Crippen molar-refractivity contribution in [3.05, 3.63) is 82.3 Å². The molecule has 0 fully saturated rings. The summed E-state index contributed by atoms with van der Waals surface area (Å²) in [5.74, 6) is -0.763. The van der Waals surface area contributed by atoms with Gasteiger partial charge in [-0.25, -0.2) is 9.89 Å². The molecule has 158 valence electrons. The lowest BCUT2D eigenvalue weighted by Crippen LogP contribution is -2.19. The van der Waals surface area contributed by atoms with Crippen molar-refractivity contribution in [2.45, 2.75) is 6.92 Å². The van der Waals surface area contributed by atoms with Crippen LogP contribution in [0.1, 0.15) is 27.8 Å². The van der Waals surface area contributed by atoms with Gasteiger partial charge in [0, 0.05) is 11.6 Å². The van der Waals surface area contributed by atoms with Crippen LogP contribution < -0.4 is 20.9 Å². The third-order valence-electron chi connectivity index (χ3n) is 3.92. The Balaban J connectivity index is 1.69. The van der Waals surface area contributed by atoms with Crippen molar-refractivity contribution in [3.8, 4) is 5.75 Å². The predicted molar refractivity (Wildman–Crippen MR) is 111 cm³/mol. The fourth-order valence-corrected chi connectivity index (χ4v) is 2.47. The van der Waals surface area contributed by atoms with Crippen molar-refractivity contribution in [1.29, 1.82) is 0 Å². The molecular formula is C21H18N4O6. The number of aromatic nitrogens is 2. The summed E-state index contributed by atoms with van der Waals surface area (Å²) in [6.45, 7) is 1.85. The van der Waals surface area contributed by atoms with Crippen LogP contribution in [0, 0.1) is 0 Å². The van der Waals surface area contributed by atoms with E-state index in [9.17, 15) is 19.2 Å². The topological polar surface area (TPSA) is 139 Å². The van der Waals surface area contributed by atoms with Crippen LogP contribution in [0.15, 0.2) is 65.5 Å². The van der Waals surface area contributed by atoms with E-state index in [1.54, 1.807) is 31.2 Å². The first-order chi connectivity index (χ1) is 15.0. The molecule has 10 nitrogen and oxygen atoms in total. The molecule has 2 aromatic carbocycles. The summed E-state index contributed by atoms with van der Waals surface area (Å²) < 4.78 is 9.64. The van der Waals surface area contributed by atoms with Crippen LogP contribution in [-0.2, 0) is 4.74 Å². The van der Waals surface area contributed by atoms with Gasteiger partial charge in [0.05, 0.1) is 18.0 Å². The van der Waals surface area contributed by atoms with Crippen molar-refractivity contribution >= 4 is 29.3 Å². The molecule has 3 N–H and O–H groups in total. The summed E-state index contributed by atoms with van der Waals surface area (Å²) >= 11 is 0. The number of rotatable bonds is 6. The highest BCUT2D eigenvalue weighted by atomic mass is 16.7. The van der Waals surface area contributed by atoms with Gasteiger partial charge < -0.3 is 20.1 Å². The van der Waals surface area contributed by atoms with Gasteiger partial charge >= 0.3 is 6.16 Å². The van der Waals surface area contributed by atoms with E-state index in [0.29, 0.717) is 16.9 Å². The average Bonchev–Trinajstić information content (AvgIpc) is 2.76. The maximum absolute atomic E-state index is 12.6. The number of benzene rings is 2. The molecule has 0 saturated heterocycles. The lowest BCUT2D eigenvalue weighted by Gasteiger charge is -2.12. The fraction of sp³-hybridized carbons (Fsp3) is 0.0952. The normalized spacial score (nSPS) is 10.1. The molecule has 1 aromatic heterocycles. The Labute approximate surface area is 176 Å². The molecule has 0 atom stereocenters. The number of nitrogens with one attached hydrogen (secondary N) is 3. The van der Waals surface area contributed by atoms with Crippen LogP contribution in [-0.4, -0.2) is 34.8 Å². The average molecular weight is 422 g/mol. The van der Waals surface area contributed by atoms with Crippen LogP contribution >= 0.6 is 0 Å². The standard InChI is InChI=1S/C21H18N4O6/c1-2-30-21(29)31-14-9-7-13(8-10-14)19(27)22-15-5-3-4-6-16(15)23-20(28)17-11-12-18(26)25-24-17/h3-12H,2H2,1H3,(H,22,27)(H,23,28)(H,25,26). The van der Waals surface area contributed by atoms with Crippen LogP contribution in [0.5, 0.6) is 5.75 Å². The van der Waals surface area contributed by atoms with Gasteiger partial charge in [0.25, 0.3) is 17.4 Å². The van der Waals surface area contributed by atoms with Crippen molar-refractivity contribution in [1.82, 2.24) is 10.2 Å². The number of anilines is 2. The molecule has 1 heterocycles. The zero-order chi connectivity index (χ0) is 22.2. The first kappa shape index (κ1) is 21.2. The Morgan fingerprint density at radius 3 is 2.13 bits per heavy atom. The van der Waals surface area contributed by atoms with Gasteiger partial charge in [-0.05, 0) is 49.4 Å². The van der Waals surface area contributed by atoms with E-state index >= 15 is 0 Å². The molecule has 2 amide bonds. The molecule has 0 aliphatic carbocycles. The lowest BCUT2D eigenvalue weighted by atomic mass is 10.2. The van der Waals surface area contributed by atoms with Gasteiger partial charge in [-0.3, -0.25) is 14.4 Å². The number of carbonyl (C=O) groups is 3. The molecule has 0 bridgehead atoms. The number of ether oxygens (including phenoxy) is 2. The van der Waals surface area contributed by atoms with Crippen molar-refractivity contribution in [2.24, 2.45) is 0 Å². The minimum absolute atomic E-state index is 0.0120. The number of hydrogen-bond acceptors (Lipinski definition) is 7. The molecule has 3 aromatic rings. The van der Waals surface area contributed by atoms with Crippen LogP contribution in [0.25, 0.3) is 0 Å². The Morgan fingerprint density at radius 1 is 0.903 bits per heavy atom. The van der Waals surface area contributed by atoms with Gasteiger partial charge in [-0.2, -0.15) is 5.10 Å². The minimum atomic E-state index is -0.832. The number of H-pyrrole nitrogens is 1. The van der Waals surface area contributed by atoms with E-state index in [-0.39, 0.29) is 18.1 Å². The Kier molecular flexibility index (Phi) is 6.74. The molecular weight excluding hydrogens is 404 g/mol. The van der Waals surface area contributed by atoms with Crippen molar-refractivity contribution in [2.75, 3.05) is 17.2 Å². The number of carbonyl (C=O) groups excluding carboxylic acids is 3. The summed E-state index contributed by atoms with van der Waals surface area (Å²) in [7, 11) is 0. The first-order valence-corrected chi connectivity index (χ1v) is 9.18. The molecule has 0 radical (unpaired) electrons. The number of nitrogens with zero attached hydrogens (tertiary/aromatic N) is 1. The highest BCUT2D eigenvalue weighted by Crippen LogP contribution is 2.23. The lowest BCUT2D eigenvalue weighted by molar-refractivity contribution is 0.101. The van der Waals surface area contributed by atoms with E-state index in [1.807, 2.05) is 0 Å². The van der Waals surface area contributed by atoms with E-state index in [4.69, 9.17) is 4.74 Å². The molecule has 0 unspecified atom stereocenters. The van der Waals surface area contributed by atoms with Crippen LogP contribution in [0.4, 0.5) is 16.2 Å². The largest absolute Gasteiger partial charge is 0.513 e. The smallest absolute Gasteiger partial charge is 0.434 e. The summed E-state index contributed by atoms with van der Waals surface area (Å²) in [6, 6.07) is 15.0. The van der Waals surface area contributed by atoms with E-state index in [2.05, 4.69) is 25.6 Å². The highest BCUT2D eigenvalue weighted by molar-refractivity contribution is 6.09. The van der Waals surface area contributed by atoms with E-state index in [1.165, 1.54) is 36.4 Å². The van der Waals surface area contributed by atoms with Crippen LogP contribution in [0.3, 0.4) is 0 Å². The van der Waals surface area contributed by atoms with Crippen LogP contribution in [0.2, 0.25) is 0 Å². The second-order valence-electron chi connectivity index (χ2n) is 6.07. The van der Waals surface area contributed by atoms with Gasteiger partial charge in [-0.15, -0.1) is 0 Å². The fourth-order valence-electron chi connectivity index (χ4n) is 2.47. The number of aromatic amines is 1. The quantitative estimate of drug-likeness (QED) is 0.410. The second kappa shape index (κ2) is 9.83. The predicted octanol–water partition coefficient (Wildman–Crippen LogP) is 2.81. The monoisotopic (exact) mass is 422 g/mol. The maximum Gasteiger partial charge on any atom is 0.513 e. The Bertz CT molecular complexity index is 1140. The maximum atomic E-state index is 12.6. The number of para-hydroxylation sites is 2. The minimum Gasteiger partial charge on any atom is -0.434 e. The number of hydrogen-bond donors (Lipinski definition) is 3. The molecule has 3 rings (SSSR count). The zero-order valence-electron chi connectivity index (χ0n) is 16.4. The number of amides is 2. The van der Waals surface area contributed by atoms with Gasteiger partial charge in [0.2, 0.25) is 0 Å². The third kappa shape index (κ3) is 5.76. The van der Waals surface area contributed by atoms with Gasteiger partial charge in [0.1, 0.15) is 11.4 Å². The SMILES string of the molecule is CCOC(=O)Oc1ccc(C(=O)Nc2ccccc2NC(=O)c2ccc(=O)[nH]n2)cc1. The van der Waals surface area contributed by atoms with Gasteiger partial charge in [0.15, 0.2) is 0 Å². The molecule has 0 saturated carbocycles. The molecule has 0 aliphatic heterocycles. The second-order valence-corrected chi connectivity index (χ2v) is 6.07. The molecule has 31 heavy (non-hydrogen) atoms. The van der Waals surface area contributed by atoms with Crippen molar-refractivity contribution in [3.63, 3.8) is 0 Å². The Hall–Kier alpha value is -4.47. The van der Waals surface area contributed by atoms with Crippen molar-refractivity contribution < 1.29 is 23.9 Å². The third-order valence-corrected chi connectivity index (χ3v) is 3.92. The summed E-state index contributed by atoms with van der Waals surface area (Å²) in [5, 5.41) is 11.2. The Morgan fingerprint density at radius 2 is 1.55 bits per heavy atom. The molecule has 0 spiro atoms. The van der Waals surface area contributed by atoms with E-state index < -0.39 is 23.5 Å². The summed E-state index contributed by atoms with van der Waals surface area (Å²) in [5.41, 5.74) is 0.591. The van der Waals surface area contributed by atoms with Gasteiger partial charge in [-0.1, -0.05) is 12.1 Å². The molecule has 0 aliphatic rings. The first-order valence-electron chi connectivity index (χ1n) is 9.18. The summed E-state index contributed by atoms with van der Waals surface area (Å²) in [4.78, 5) is 47.4.